The van der Waals surface area contributed by atoms with Gasteiger partial charge in [-0.05, 0) is 133 Å². The summed E-state index contributed by atoms with van der Waals surface area (Å²) in [6.07, 6.45) is 7.13. The van der Waals surface area contributed by atoms with Crippen LogP contribution in [0.3, 0.4) is 0 Å². The highest BCUT2D eigenvalue weighted by atomic mass is 35.5. The Balaban J connectivity index is 0.000000385. The van der Waals surface area contributed by atoms with Crippen LogP contribution in [0.5, 0.6) is 0 Å². The lowest BCUT2D eigenvalue weighted by molar-refractivity contribution is -0.149. The molecule has 6 aliphatic rings. The molecule has 0 aromatic heterocycles. The Morgan fingerprint density at radius 3 is 1.57 bits per heavy atom. The van der Waals surface area contributed by atoms with E-state index in [9.17, 15) is 14.4 Å². The first-order chi connectivity index (χ1) is 27.6. The van der Waals surface area contributed by atoms with E-state index in [1.54, 1.807) is 0 Å². The van der Waals surface area contributed by atoms with E-state index in [4.69, 9.17) is 64.0 Å². The lowest BCUT2D eigenvalue weighted by atomic mass is 10.1. The first kappa shape index (κ1) is 55.7. The van der Waals surface area contributed by atoms with Gasteiger partial charge < -0.3 is 56.7 Å². The topological polar surface area (TPSA) is 174 Å². The number of rotatable bonds is 18. The van der Waals surface area contributed by atoms with Crippen molar-refractivity contribution in [3.63, 3.8) is 0 Å². The maximum absolute atomic E-state index is 12.4. The number of hydrogen-bond donors (Lipinski definition) is 3. The lowest BCUT2D eigenvalue weighted by Gasteiger charge is -2.27. The molecule has 0 radical (unpaired) electrons. The zero-order chi connectivity index (χ0) is 42.3. The Bertz CT molecular complexity index is 1270. The second-order valence-corrected chi connectivity index (χ2v) is 22.6. The number of hydrogen-bond acceptors (Lipinski definition) is 15. The summed E-state index contributed by atoms with van der Waals surface area (Å²) in [6, 6.07) is 1.06. The molecule has 60 heavy (non-hydrogen) atoms. The third-order valence-electron chi connectivity index (χ3n) is 10.6. The van der Waals surface area contributed by atoms with E-state index >= 15 is 0 Å². The monoisotopic (exact) mass is 968 g/mol. The summed E-state index contributed by atoms with van der Waals surface area (Å²) in [6.45, 7) is 19.3. The molecule has 0 spiro atoms. The van der Waals surface area contributed by atoms with Crippen molar-refractivity contribution in [2.24, 2.45) is 0 Å². The summed E-state index contributed by atoms with van der Waals surface area (Å²) >= 11 is 9.53. The molecular weight excluding hydrogens is 896 g/mol. The Morgan fingerprint density at radius 1 is 0.700 bits per heavy atom. The minimum Gasteiger partial charge on any atom is -0.464 e. The van der Waals surface area contributed by atoms with Crippen molar-refractivity contribution in [2.75, 3.05) is 57.8 Å². The number of carbonyl (C=O) groups excluding carboxylic acids is 3. The lowest BCUT2D eigenvalue weighted by Crippen LogP contribution is -2.44. The van der Waals surface area contributed by atoms with Crippen LogP contribution < -0.4 is 16.0 Å². The molecule has 352 valence electrons. The number of amides is 1. The minimum atomic E-state index is -2.45. The van der Waals surface area contributed by atoms with E-state index in [2.05, 4.69) is 43.6 Å². The van der Waals surface area contributed by atoms with Crippen LogP contribution in [0.1, 0.15) is 99.8 Å². The molecule has 16 nitrogen and oxygen atoms in total. The Morgan fingerprint density at radius 2 is 1.15 bits per heavy atom. The third-order valence-corrected chi connectivity index (χ3v) is 16.7. The second-order valence-electron chi connectivity index (χ2n) is 16.7. The van der Waals surface area contributed by atoms with Gasteiger partial charge in [0.2, 0.25) is 0 Å². The molecule has 4 unspecified atom stereocenters. The average molecular weight is 970 g/mol. The molecule has 6 rings (SSSR count). The van der Waals surface area contributed by atoms with Crippen molar-refractivity contribution >= 4 is 85.8 Å². The van der Waals surface area contributed by atoms with Crippen LogP contribution in [0.25, 0.3) is 0 Å². The number of nitrogens with zero attached hydrogens (tertiary/aromatic N) is 1. The molecule has 6 fully saturated rings. The molecular formula is C38H74Cl2N4O12S2Si2. The van der Waals surface area contributed by atoms with Gasteiger partial charge in [0, 0.05) is 18.6 Å². The zero-order valence-electron chi connectivity index (χ0n) is 36.7. The largest absolute Gasteiger partial charge is 0.502 e. The summed E-state index contributed by atoms with van der Waals surface area (Å²) in [5.74, 6) is -0.454. The van der Waals surface area contributed by atoms with Crippen LogP contribution in [-0.2, 0) is 50.4 Å². The molecule has 0 saturated carbocycles. The van der Waals surface area contributed by atoms with Crippen LogP contribution in [0.2, 0.25) is 12.1 Å². The van der Waals surface area contributed by atoms with Gasteiger partial charge >= 0.3 is 35.6 Å². The molecule has 0 aromatic carbocycles. The van der Waals surface area contributed by atoms with Crippen LogP contribution in [0.4, 0.5) is 4.79 Å². The van der Waals surface area contributed by atoms with Gasteiger partial charge in [-0.2, -0.15) is 27.0 Å². The summed E-state index contributed by atoms with van der Waals surface area (Å²) in [5.41, 5.74) is -0.583. The molecule has 6 aliphatic heterocycles. The van der Waals surface area contributed by atoms with Crippen molar-refractivity contribution in [3.05, 3.63) is 0 Å². The third kappa shape index (κ3) is 17.2. The summed E-state index contributed by atoms with van der Waals surface area (Å²) < 4.78 is 51.9. The normalized spacial score (nSPS) is 32.2. The number of nitrogens with one attached hydrogen (secondary N) is 3. The maximum Gasteiger partial charge on any atom is 0.502 e. The van der Waals surface area contributed by atoms with Crippen molar-refractivity contribution in [1.82, 2.24) is 20.9 Å². The van der Waals surface area contributed by atoms with Crippen molar-refractivity contribution < 1.29 is 55.2 Å². The molecule has 22 heteroatoms. The minimum absolute atomic E-state index is 0. The molecule has 4 bridgehead atoms. The van der Waals surface area contributed by atoms with E-state index in [0.29, 0.717) is 32.6 Å². The highest BCUT2D eigenvalue weighted by molar-refractivity contribution is 7.59. The smallest absolute Gasteiger partial charge is 0.464 e. The van der Waals surface area contributed by atoms with Gasteiger partial charge in [0.1, 0.15) is 17.7 Å². The molecule has 1 amide bonds. The van der Waals surface area contributed by atoms with Crippen LogP contribution in [-0.4, -0.2) is 153 Å². The fourth-order valence-electron chi connectivity index (χ4n) is 7.97. The highest BCUT2D eigenvalue weighted by Gasteiger charge is 2.61. The van der Waals surface area contributed by atoms with Gasteiger partial charge in [0.05, 0.1) is 55.2 Å². The number of ether oxygens (including phenoxy) is 3. The van der Waals surface area contributed by atoms with Crippen molar-refractivity contribution in [2.45, 2.75) is 166 Å². The standard InChI is InChI=1S/C21H38N2O7Si.C16H30N2O5Si.CH2Cl2.2H2S/c1-15-18-16(2)29-31(28-15,30-18)14-8-11-22-10-7-13-26-19(24)17-9-6-12-23(17)20(25)27-21(3,4)5;1-12-15-13(2)22-24(21-12,23-15)11-5-8-17-7-4-10-20-16(19)14-6-3-9-18-14;2-1-3;;/h15-18,22H,6-14H2,1-5H3;12-15,17-18H,3-11H2,1-2H3;1H2;2*1H2/t15?,16?,17-,18?,31?;12?,13?,14-,15?,24?;;;/m00.../s1. The Hall–Kier alpha value is -0.436. The van der Waals surface area contributed by atoms with Gasteiger partial charge in [-0.1, -0.05) is 0 Å². The fraction of sp³-hybridized carbons (Fsp3) is 0.921. The Labute approximate surface area is 384 Å². The van der Waals surface area contributed by atoms with Crippen LogP contribution >= 0.6 is 50.2 Å². The summed E-state index contributed by atoms with van der Waals surface area (Å²) in [4.78, 5) is 37.9. The van der Waals surface area contributed by atoms with E-state index < -0.39 is 35.3 Å². The van der Waals surface area contributed by atoms with Crippen molar-refractivity contribution in [1.29, 1.82) is 0 Å². The van der Waals surface area contributed by atoms with Gasteiger partial charge in [-0.3, -0.25) is 9.69 Å². The Kier molecular flexibility index (Phi) is 25.2. The number of alkyl halides is 2. The molecule has 0 aliphatic carbocycles. The van der Waals surface area contributed by atoms with Gasteiger partial charge in [0.15, 0.2) is 0 Å². The zero-order valence-corrected chi connectivity index (χ0v) is 42.2. The SMILES string of the molecule is CC1O[Si]2(CCCNCCCOC(=O)[C@@H]3CCCN3)OC(C)C1O2.CC1O[Si]2(CCCNCCCOC(=O)[C@@H]3CCCN3C(=O)OC(C)(C)C)OC(C)C1O2.ClCCl.S.S. The van der Waals surface area contributed by atoms with Crippen LogP contribution in [0, 0.1) is 0 Å². The molecule has 0 aromatic rings. The molecule has 6 saturated heterocycles. The molecule has 6 heterocycles. The molecule has 3 N–H and O–H groups in total. The number of likely N-dealkylation sites (tertiary alicyclic amines) is 1. The van der Waals surface area contributed by atoms with E-state index in [1.807, 2.05) is 20.8 Å². The number of carbonyl (C=O) groups is 3. The quantitative estimate of drug-likeness (QED) is 0.0555. The van der Waals surface area contributed by atoms with E-state index in [1.165, 1.54) is 4.90 Å². The van der Waals surface area contributed by atoms with Gasteiger partial charge in [-0.25, -0.2) is 9.59 Å². The maximum atomic E-state index is 12.4. The van der Waals surface area contributed by atoms with Gasteiger partial charge in [0.25, 0.3) is 0 Å². The van der Waals surface area contributed by atoms with E-state index in [-0.39, 0.29) is 86.9 Å². The average Bonchev–Trinajstić information content (AvgIpc) is 4.01. The number of esters is 2. The summed E-state index contributed by atoms with van der Waals surface area (Å²) in [7, 11) is -4.83. The predicted octanol–water partition coefficient (Wildman–Crippen LogP) is 4.92. The molecule has 6 atom stereocenters. The number of fused-ring (bicyclic) bond motifs is 4. The summed E-state index contributed by atoms with van der Waals surface area (Å²) in [5, 5.41) is 10.1. The number of halogens is 2. The fourth-order valence-corrected chi connectivity index (χ4v) is 14.6. The first-order valence-corrected chi connectivity index (χ1v) is 26.2. The van der Waals surface area contributed by atoms with Gasteiger partial charge in [-0.15, -0.1) is 23.2 Å². The first-order valence-electron chi connectivity index (χ1n) is 21.3. The second kappa shape index (κ2) is 27.1. The van der Waals surface area contributed by atoms with E-state index in [0.717, 1.165) is 83.3 Å². The van der Waals surface area contributed by atoms with Crippen molar-refractivity contribution in [3.8, 4) is 0 Å². The highest BCUT2D eigenvalue weighted by Crippen LogP contribution is 2.41. The predicted molar refractivity (Wildman–Crippen MR) is 244 cm³/mol. The van der Waals surface area contributed by atoms with Crippen LogP contribution in [0.15, 0.2) is 0 Å².